The van der Waals surface area contributed by atoms with Crippen molar-refractivity contribution < 1.29 is 19.1 Å². The van der Waals surface area contributed by atoms with Gasteiger partial charge in [0.15, 0.2) is 6.29 Å². The Morgan fingerprint density at radius 1 is 1.44 bits per heavy atom. The van der Waals surface area contributed by atoms with Crippen LogP contribution < -0.4 is 0 Å². The molecule has 0 aliphatic carbocycles. The predicted octanol–water partition coefficient (Wildman–Crippen LogP) is 2.95. The number of hydrogen-bond donors (Lipinski definition) is 1. The van der Waals surface area contributed by atoms with Crippen LogP contribution in [-0.4, -0.2) is 41.2 Å². The van der Waals surface area contributed by atoms with Gasteiger partial charge in [-0.3, -0.25) is 14.4 Å². The molecule has 2 aliphatic rings. The minimum absolute atomic E-state index is 0.0663. The van der Waals surface area contributed by atoms with Crippen LogP contribution in [0, 0.1) is 0 Å². The second kappa shape index (κ2) is 7.78. The van der Waals surface area contributed by atoms with Crippen molar-refractivity contribution in [2.75, 3.05) is 13.2 Å². The molecular weight excluding hydrogens is 344 g/mol. The van der Waals surface area contributed by atoms with Crippen molar-refractivity contribution in [1.82, 2.24) is 9.88 Å². The van der Waals surface area contributed by atoms with Crippen LogP contribution in [0.25, 0.3) is 6.08 Å². The van der Waals surface area contributed by atoms with Crippen molar-refractivity contribution in [3.8, 4) is 0 Å². The summed E-state index contributed by atoms with van der Waals surface area (Å²) in [5, 5.41) is 0. The zero-order valence-electron chi connectivity index (χ0n) is 15.8. The number of allylic oxidation sites excluding steroid dienone is 1. The largest absolute Gasteiger partial charge is 0.461 e. The molecule has 0 saturated heterocycles. The molecule has 1 N–H and O–H groups in total. The van der Waals surface area contributed by atoms with E-state index in [1.165, 1.54) is 6.08 Å². The summed E-state index contributed by atoms with van der Waals surface area (Å²) in [6.45, 7) is 8.21. The number of nitrogens with zero attached hydrogens (tertiary/aromatic N) is 1. The maximum Gasteiger partial charge on any atom is 0.306 e. The second-order valence-corrected chi connectivity index (χ2v) is 6.69. The number of rotatable bonds is 7. The Kier molecular flexibility index (Phi) is 5.44. The van der Waals surface area contributed by atoms with Gasteiger partial charge in [0.1, 0.15) is 6.61 Å². The van der Waals surface area contributed by atoms with Gasteiger partial charge >= 0.3 is 5.97 Å². The molecule has 3 heterocycles. The zero-order chi connectivity index (χ0) is 19.6. The van der Waals surface area contributed by atoms with E-state index in [1.807, 2.05) is 24.8 Å². The number of amides is 1. The average Bonchev–Trinajstić information content (AvgIpc) is 3.02. The fourth-order valence-corrected chi connectivity index (χ4v) is 3.84. The summed E-state index contributed by atoms with van der Waals surface area (Å²) in [6, 6.07) is 0. The first-order valence-corrected chi connectivity index (χ1v) is 9.20. The van der Waals surface area contributed by atoms with E-state index in [1.54, 1.807) is 0 Å². The summed E-state index contributed by atoms with van der Waals surface area (Å²) in [7, 11) is 0. The van der Waals surface area contributed by atoms with Gasteiger partial charge in [0, 0.05) is 29.9 Å². The van der Waals surface area contributed by atoms with Crippen molar-refractivity contribution in [3.63, 3.8) is 0 Å². The summed E-state index contributed by atoms with van der Waals surface area (Å²) in [5.41, 5.74) is 5.89. The van der Waals surface area contributed by atoms with E-state index in [0.717, 1.165) is 40.0 Å². The van der Waals surface area contributed by atoms with E-state index < -0.39 is 0 Å². The molecule has 3 rings (SSSR count). The summed E-state index contributed by atoms with van der Waals surface area (Å²) < 4.78 is 5.02. The predicted molar refractivity (Wildman–Crippen MR) is 102 cm³/mol. The molecule has 0 unspecified atom stereocenters. The molecule has 2 aliphatic heterocycles. The maximum atomic E-state index is 12.6. The van der Waals surface area contributed by atoms with Crippen LogP contribution in [0.4, 0.5) is 0 Å². The topological polar surface area (TPSA) is 79.5 Å². The molecule has 0 fully saturated rings. The van der Waals surface area contributed by atoms with Gasteiger partial charge in [-0.05, 0) is 49.0 Å². The van der Waals surface area contributed by atoms with E-state index in [2.05, 4.69) is 11.6 Å². The highest BCUT2D eigenvalue weighted by molar-refractivity contribution is 6.01. The second-order valence-electron chi connectivity index (χ2n) is 6.69. The third kappa shape index (κ3) is 3.39. The van der Waals surface area contributed by atoms with Crippen molar-refractivity contribution in [1.29, 1.82) is 0 Å². The summed E-state index contributed by atoms with van der Waals surface area (Å²) in [6.07, 6.45) is 6.20. The molecule has 0 aromatic carbocycles. The number of fused-ring (bicyclic) bond motifs is 2. The Labute approximate surface area is 158 Å². The Bertz CT molecular complexity index is 873. The number of esters is 1. The number of aromatic amines is 1. The standard InChI is InChI=1S/C21H24N2O4/c1-4-10-27-20(25)7-6-15-16-8-9-23-19(11-17(16)22-18(15)12-24)13(3)14(5-2)21(23)26/h4,11-12,22H,1,5-10H2,2-3H3. The number of nitrogens with one attached hydrogen (secondary N) is 1. The summed E-state index contributed by atoms with van der Waals surface area (Å²) in [5.74, 6) is -0.257. The van der Waals surface area contributed by atoms with Crippen LogP contribution >= 0.6 is 0 Å². The number of carbonyl (C=O) groups is 3. The van der Waals surface area contributed by atoms with E-state index in [0.29, 0.717) is 31.5 Å². The molecule has 6 nitrogen and oxygen atoms in total. The lowest BCUT2D eigenvalue weighted by Gasteiger charge is -2.17. The lowest BCUT2D eigenvalue weighted by atomic mass is 10.0. The normalized spacial score (nSPS) is 15.9. The third-order valence-electron chi connectivity index (χ3n) is 5.19. The lowest BCUT2D eigenvalue weighted by Crippen LogP contribution is -2.27. The van der Waals surface area contributed by atoms with Gasteiger partial charge in [-0.25, -0.2) is 0 Å². The smallest absolute Gasteiger partial charge is 0.306 e. The van der Waals surface area contributed by atoms with E-state index >= 15 is 0 Å². The van der Waals surface area contributed by atoms with Crippen molar-refractivity contribution in [2.24, 2.45) is 0 Å². The van der Waals surface area contributed by atoms with Crippen molar-refractivity contribution in [3.05, 3.63) is 52.0 Å². The molecule has 142 valence electrons. The van der Waals surface area contributed by atoms with E-state index in [9.17, 15) is 14.4 Å². The molecule has 0 atom stereocenters. The van der Waals surface area contributed by atoms with Crippen LogP contribution in [0.15, 0.2) is 29.5 Å². The zero-order valence-corrected chi connectivity index (χ0v) is 15.8. The van der Waals surface area contributed by atoms with E-state index in [-0.39, 0.29) is 24.9 Å². The fourth-order valence-electron chi connectivity index (χ4n) is 3.84. The first-order chi connectivity index (χ1) is 13.0. The first kappa shape index (κ1) is 18.9. The Morgan fingerprint density at radius 3 is 2.89 bits per heavy atom. The van der Waals surface area contributed by atoms with Gasteiger partial charge < -0.3 is 14.6 Å². The molecule has 6 heteroatoms. The summed E-state index contributed by atoms with van der Waals surface area (Å²) in [4.78, 5) is 40.9. The third-order valence-corrected chi connectivity index (χ3v) is 5.19. The van der Waals surface area contributed by atoms with Crippen LogP contribution in [-0.2, 0) is 27.2 Å². The Hall–Kier alpha value is -2.89. The minimum atomic E-state index is -0.323. The molecule has 0 radical (unpaired) electrons. The first-order valence-electron chi connectivity index (χ1n) is 9.20. The Balaban J connectivity index is 1.91. The number of ether oxygens (including phenoxy) is 1. The molecule has 0 saturated carbocycles. The summed E-state index contributed by atoms with van der Waals surface area (Å²) >= 11 is 0. The highest BCUT2D eigenvalue weighted by Crippen LogP contribution is 2.36. The molecule has 0 bridgehead atoms. The monoisotopic (exact) mass is 368 g/mol. The minimum Gasteiger partial charge on any atom is -0.461 e. The van der Waals surface area contributed by atoms with Gasteiger partial charge in [0.25, 0.3) is 5.91 Å². The molecule has 1 aromatic rings. The fraction of sp³-hybridized carbons (Fsp3) is 0.381. The van der Waals surface area contributed by atoms with Gasteiger partial charge in [-0.1, -0.05) is 19.6 Å². The van der Waals surface area contributed by atoms with Crippen molar-refractivity contribution in [2.45, 2.75) is 39.5 Å². The van der Waals surface area contributed by atoms with E-state index in [4.69, 9.17) is 4.74 Å². The number of hydrogen-bond acceptors (Lipinski definition) is 4. The Morgan fingerprint density at radius 2 is 2.22 bits per heavy atom. The highest BCUT2D eigenvalue weighted by Gasteiger charge is 2.34. The van der Waals surface area contributed by atoms with Crippen LogP contribution in [0.5, 0.6) is 0 Å². The average molecular weight is 368 g/mol. The lowest BCUT2D eigenvalue weighted by molar-refractivity contribution is -0.142. The molecule has 1 aromatic heterocycles. The molecule has 27 heavy (non-hydrogen) atoms. The van der Waals surface area contributed by atoms with Crippen LogP contribution in [0.2, 0.25) is 0 Å². The quantitative estimate of drug-likeness (QED) is 0.456. The number of H-pyrrole nitrogens is 1. The van der Waals surface area contributed by atoms with Crippen LogP contribution in [0.3, 0.4) is 0 Å². The number of carbonyl (C=O) groups excluding carboxylic acids is 3. The van der Waals surface area contributed by atoms with Crippen molar-refractivity contribution >= 4 is 24.2 Å². The van der Waals surface area contributed by atoms with Gasteiger partial charge in [0.2, 0.25) is 0 Å². The van der Waals surface area contributed by atoms with Gasteiger partial charge in [-0.15, -0.1) is 0 Å². The SMILES string of the molecule is C=CCOC(=O)CCc1c(C=O)[nH]c2c1CCN1C(=O)C(CC)=C(C)C1=C2. The molecular formula is C21H24N2O4. The number of aldehydes is 1. The van der Waals surface area contributed by atoms with Gasteiger partial charge in [0.05, 0.1) is 5.69 Å². The maximum absolute atomic E-state index is 12.6. The highest BCUT2D eigenvalue weighted by atomic mass is 16.5. The number of aromatic nitrogens is 1. The molecule has 0 spiro atoms. The van der Waals surface area contributed by atoms with Gasteiger partial charge in [-0.2, -0.15) is 0 Å². The molecule has 1 amide bonds. The van der Waals surface area contributed by atoms with Crippen LogP contribution in [0.1, 0.15) is 54.0 Å².